The van der Waals surface area contributed by atoms with Crippen LogP contribution in [0.3, 0.4) is 0 Å². The van der Waals surface area contributed by atoms with Crippen LogP contribution in [-0.2, 0) is 11.2 Å². The van der Waals surface area contributed by atoms with Crippen molar-refractivity contribution < 1.29 is 19.7 Å². The van der Waals surface area contributed by atoms with Gasteiger partial charge in [-0.3, -0.25) is 4.79 Å². The Morgan fingerprint density at radius 1 is 1.24 bits per heavy atom. The van der Waals surface area contributed by atoms with Crippen molar-refractivity contribution >= 4 is 24.2 Å². The van der Waals surface area contributed by atoms with E-state index in [0.717, 1.165) is 5.56 Å². The van der Waals surface area contributed by atoms with Crippen LogP contribution in [0, 0.1) is 0 Å². The number of carboxylic acid groups (broad SMARTS) is 1. The number of carbonyl (C=O) groups is 1. The van der Waals surface area contributed by atoms with Crippen molar-refractivity contribution in [2.75, 3.05) is 25.4 Å². The normalized spacial score (nSPS) is 11.4. The number of aliphatic hydroxyl groups is 1. The van der Waals surface area contributed by atoms with E-state index in [0.29, 0.717) is 36.8 Å². The zero-order valence-corrected chi connectivity index (χ0v) is 14.4. The fourth-order valence-corrected chi connectivity index (χ4v) is 2.09. The van der Waals surface area contributed by atoms with E-state index >= 15 is 0 Å². The number of hydrogen-bond donors (Lipinski definition) is 4. The number of nitrogens with zero attached hydrogens (tertiary/aromatic N) is 1. The SMILES string of the molecule is Cl.Nc1ccc(C(O)CNCCOc2ccc(CC(=O)O)cc2)cn1. The third kappa shape index (κ3) is 7.38. The Hall–Kier alpha value is -2.35. The second-order valence-corrected chi connectivity index (χ2v) is 5.30. The lowest BCUT2D eigenvalue weighted by Gasteiger charge is -2.12. The molecule has 0 aliphatic rings. The van der Waals surface area contributed by atoms with Crippen molar-refractivity contribution in [1.29, 1.82) is 0 Å². The molecule has 0 fully saturated rings. The summed E-state index contributed by atoms with van der Waals surface area (Å²) in [4.78, 5) is 14.5. The van der Waals surface area contributed by atoms with Gasteiger partial charge in [0.2, 0.25) is 0 Å². The molecule has 25 heavy (non-hydrogen) atoms. The predicted molar refractivity (Wildman–Crippen MR) is 97.0 cm³/mol. The van der Waals surface area contributed by atoms with Crippen LogP contribution in [0.1, 0.15) is 17.2 Å². The van der Waals surface area contributed by atoms with Gasteiger partial charge >= 0.3 is 5.97 Å². The molecule has 8 heteroatoms. The molecule has 5 N–H and O–H groups in total. The third-order valence-corrected chi connectivity index (χ3v) is 3.36. The second kappa shape index (κ2) is 10.5. The highest BCUT2D eigenvalue weighted by Gasteiger charge is 2.07. The third-order valence-electron chi connectivity index (χ3n) is 3.36. The number of aromatic nitrogens is 1. The van der Waals surface area contributed by atoms with E-state index in [4.69, 9.17) is 15.6 Å². The van der Waals surface area contributed by atoms with Crippen LogP contribution in [0.2, 0.25) is 0 Å². The molecule has 0 bridgehead atoms. The number of hydrogen-bond acceptors (Lipinski definition) is 6. The Bertz CT molecular complexity index is 650. The number of carboxylic acids is 1. The van der Waals surface area contributed by atoms with Gasteiger partial charge in [0.15, 0.2) is 0 Å². The summed E-state index contributed by atoms with van der Waals surface area (Å²) in [5.41, 5.74) is 6.93. The highest BCUT2D eigenvalue weighted by molar-refractivity contribution is 5.85. The molecule has 1 heterocycles. The van der Waals surface area contributed by atoms with E-state index in [1.807, 2.05) is 0 Å². The molecule has 0 radical (unpaired) electrons. The van der Waals surface area contributed by atoms with Gasteiger partial charge in [-0.15, -0.1) is 12.4 Å². The summed E-state index contributed by atoms with van der Waals surface area (Å²) in [5, 5.41) is 21.8. The first kappa shape index (κ1) is 20.7. The molecule has 0 aliphatic carbocycles. The minimum absolute atomic E-state index is 0. The minimum Gasteiger partial charge on any atom is -0.492 e. The number of rotatable bonds is 9. The topological polar surface area (TPSA) is 118 Å². The summed E-state index contributed by atoms with van der Waals surface area (Å²) in [5.74, 6) is 0.235. The largest absolute Gasteiger partial charge is 0.492 e. The first-order chi connectivity index (χ1) is 11.5. The van der Waals surface area contributed by atoms with Crippen LogP contribution in [0.5, 0.6) is 5.75 Å². The Morgan fingerprint density at radius 3 is 2.56 bits per heavy atom. The maximum atomic E-state index is 10.6. The number of ether oxygens (including phenoxy) is 1. The Labute approximate surface area is 152 Å². The number of pyridine rings is 1. The number of nitrogens with two attached hydrogens (primary N) is 1. The van der Waals surface area contributed by atoms with E-state index in [1.54, 1.807) is 42.6 Å². The molecule has 136 valence electrons. The Kier molecular flexibility index (Phi) is 8.69. The van der Waals surface area contributed by atoms with E-state index in [1.165, 1.54) is 0 Å². The molecule has 1 unspecified atom stereocenters. The summed E-state index contributed by atoms with van der Waals surface area (Å²) in [6, 6.07) is 10.3. The number of nitrogen functional groups attached to an aromatic ring is 1. The van der Waals surface area contributed by atoms with Gasteiger partial charge in [0.25, 0.3) is 0 Å². The van der Waals surface area contributed by atoms with Crippen molar-refractivity contribution in [2.24, 2.45) is 0 Å². The van der Waals surface area contributed by atoms with Crippen LogP contribution in [-0.4, -0.2) is 40.9 Å². The van der Waals surface area contributed by atoms with Gasteiger partial charge in [0.1, 0.15) is 18.2 Å². The van der Waals surface area contributed by atoms with Gasteiger partial charge in [-0.05, 0) is 23.8 Å². The van der Waals surface area contributed by atoms with Gasteiger partial charge in [0, 0.05) is 24.8 Å². The van der Waals surface area contributed by atoms with E-state index < -0.39 is 12.1 Å². The molecule has 0 amide bonds. The van der Waals surface area contributed by atoms with E-state index in [9.17, 15) is 9.90 Å². The van der Waals surface area contributed by atoms with Gasteiger partial charge in [-0.25, -0.2) is 4.98 Å². The molecule has 2 aromatic rings. The molecule has 7 nitrogen and oxygen atoms in total. The van der Waals surface area contributed by atoms with E-state index in [-0.39, 0.29) is 18.8 Å². The number of halogens is 1. The summed E-state index contributed by atoms with van der Waals surface area (Å²) in [6.45, 7) is 1.38. The lowest BCUT2D eigenvalue weighted by atomic mass is 10.1. The standard InChI is InChI=1S/C17H21N3O4.ClH/c18-16-6-3-13(10-20-16)15(21)11-19-7-8-24-14-4-1-12(2-5-14)9-17(22)23;/h1-6,10,15,19,21H,7-9,11H2,(H2,18,20)(H,22,23);1H. The smallest absolute Gasteiger partial charge is 0.307 e. The van der Waals surface area contributed by atoms with Gasteiger partial charge < -0.3 is 26.0 Å². The predicted octanol–water partition coefficient (Wildman–Crippen LogP) is 1.41. The second-order valence-electron chi connectivity index (χ2n) is 5.30. The van der Waals surface area contributed by atoms with Gasteiger partial charge in [-0.2, -0.15) is 0 Å². The van der Waals surface area contributed by atoms with Crippen LogP contribution in [0.25, 0.3) is 0 Å². The quantitative estimate of drug-likeness (QED) is 0.495. The number of aliphatic carboxylic acids is 1. The minimum atomic E-state index is -0.859. The number of anilines is 1. The highest BCUT2D eigenvalue weighted by Crippen LogP contribution is 2.13. The number of benzene rings is 1. The Balaban J connectivity index is 0.00000312. The van der Waals surface area contributed by atoms with Crippen molar-refractivity contribution in [3.63, 3.8) is 0 Å². The zero-order valence-electron chi connectivity index (χ0n) is 13.6. The summed E-state index contributed by atoms with van der Waals surface area (Å²) in [7, 11) is 0. The van der Waals surface area contributed by atoms with Gasteiger partial charge in [0.05, 0.1) is 12.5 Å². The summed E-state index contributed by atoms with van der Waals surface area (Å²) >= 11 is 0. The molecule has 0 saturated carbocycles. The van der Waals surface area contributed by atoms with Crippen LogP contribution < -0.4 is 15.8 Å². The average Bonchev–Trinajstić information content (AvgIpc) is 2.56. The first-order valence-corrected chi connectivity index (χ1v) is 7.58. The maximum absolute atomic E-state index is 10.6. The molecular formula is C17H22ClN3O4. The highest BCUT2D eigenvalue weighted by atomic mass is 35.5. The maximum Gasteiger partial charge on any atom is 0.307 e. The lowest BCUT2D eigenvalue weighted by molar-refractivity contribution is -0.136. The molecule has 0 spiro atoms. The van der Waals surface area contributed by atoms with Crippen molar-refractivity contribution in [2.45, 2.75) is 12.5 Å². The fraction of sp³-hybridized carbons (Fsp3) is 0.294. The van der Waals surface area contributed by atoms with Crippen molar-refractivity contribution in [1.82, 2.24) is 10.3 Å². The lowest BCUT2D eigenvalue weighted by Crippen LogP contribution is -2.26. The molecule has 2 rings (SSSR count). The number of aliphatic hydroxyl groups excluding tert-OH is 1. The van der Waals surface area contributed by atoms with E-state index in [2.05, 4.69) is 10.3 Å². The van der Waals surface area contributed by atoms with Crippen molar-refractivity contribution in [3.8, 4) is 5.75 Å². The Morgan fingerprint density at radius 2 is 1.96 bits per heavy atom. The monoisotopic (exact) mass is 367 g/mol. The van der Waals surface area contributed by atoms with Gasteiger partial charge in [-0.1, -0.05) is 18.2 Å². The van der Waals surface area contributed by atoms with Crippen LogP contribution in [0.15, 0.2) is 42.6 Å². The molecule has 0 aliphatic heterocycles. The summed E-state index contributed by atoms with van der Waals surface area (Å²) < 4.78 is 5.55. The summed E-state index contributed by atoms with van der Waals surface area (Å²) in [6.07, 6.45) is 0.893. The molecule has 1 aromatic heterocycles. The fourth-order valence-electron chi connectivity index (χ4n) is 2.09. The number of nitrogens with one attached hydrogen (secondary N) is 1. The van der Waals surface area contributed by atoms with Crippen molar-refractivity contribution in [3.05, 3.63) is 53.7 Å². The zero-order chi connectivity index (χ0) is 17.4. The molecule has 0 saturated heterocycles. The molecular weight excluding hydrogens is 346 g/mol. The molecule has 1 atom stereocenters. The van der Waals surface area contributed by atoms with Crippen LogP contribution >= 0.6 is 12.4 Å². The van der Waals surface area contributed by atoms with Crippen LogP contribution in [0.4, 0.5) is 5.82 Å². The first-order valence-electron chi connectivity index (χ1n) is 7.58. The average molecular weight is 368 g/mol. The molecule has 1 aromatic carbocycles.